The maximum Gasteiger partial charge on any atom is 0.195 e. The van der Waals surface area contributed by atoms with Crippen molar-refractivity contribution in [2.75, 3.05) is 0 Å². The van der Waals surface area contributed by atoms with Crippen LogP contribution in [0.2, 0.25) is 0 Å². The number of phenols is 1. The molecule has 0 aliphatic heterocycles. The highest BCUT2D eigenvalue weighted by atomic mass is 19.2. The zero-order valence-corrected chi connectivity index (χ0v) is 18.6. The van der Waals surface area contributed by atoms with Gasteiger partial charge in [0.2, 0.25) is 0 Å². The van der Waals surface area contributed by atoms with Crippen molar-refractivity contribution in [1.82, 2.24) is 9.97 Å². The summed E-state index contributed by atoms with van der Waals surface area (Å²) < 4.78 is 39.1. The number of phenolic OH excluding ortho intramolecular Hbond substituents is 1. The summed E-state index contributed by atoms with van der Waals surface area (Å²) in [6, 6.07) is 20.0. The molecule has 2 heterocycles. The fraction of sp³-hybridized carbons (Fsp3) is 0.0714. The summed E-state index contributed by atoms with van der Waals surface area (Å²) in [6.07, 6.45) is 2.91. The fourth-order valence-corrected chi connectivity index (χ4v) is 2.83. The Kier molecular flexibility index (Phi) is 8.20. The molecule has 0 atom stereocenters. The summed E-state index contributed by atoms with van der Waals surface area (Å²) in [6.45, 7) is 3.76. The molecule has 0 amide bonds. The third-order valence-electron chi connectivity index (χ3n) is 4.48. The Hall–Kier alpha value is -4.37. The van der Waals surface area contributed by atoms with Gasteiger partial charge < -0.3 is 5.11 Å². The SMILES string of the molecule is Cc1cccc(C#Cc2cccc(O)c2)n1.Cc1cccc(C=Cc2ccc(F)c(F)c2F)n1. The van der Waals surface area contributed by atoms with Crippen LogP contribution in [0.15, 0.2) is 72.8 Å². The number of hydrogen-bond donors (Lipinski definition) is 1. The molecule has 0 aliphatic carbocycles. The van der Waals surface area contributed by atoms with Gasteiger partial charge in [-0.3, -0.25) is 4.98 Å². The van der Waals surface area contributed by atoms with E-state index in [0.717, 1.165) is 28.7 Å². The third-order valence-corrected chi connectivity index (χ3v) is 4.48. The van der Waals surface area contributed by atoms with Crippen LogP contribution in [0.25, 0.3) is 12.2 Å². The lowest BCUT2D eigenvalue weighted by Gasteiger charge is -1.99. The number of nitrogens with zero attached hydrogens (tertiary/aromatic N) is 2. The van der Waals surface area contributed by atoms with Crippen molar-refractivity contribution in [3.8, 4) is 17.6 Å². The van der Waals surface area contributed by atoms with E-state index in [1.807, 2.05) is 50.2 Å². The van der Waals surface area contributed by atoms with Gasteiger partial charge in [0, 0.05) is 22.5 Å². The zero-order valence-electron chi connectivity index (χ0n) is 18.6. The molecule has 4 rings (SSSR count). The standard InChI is InChI=1S/C14H10F3N.C14H11NO/c1-9-3-2-4-11(18-9)7-5-10-6-8-12(15)14(17)13(10)16;1-11-4-2-6-13(15-11)9-8-12-5-3-7-14(16)10-12/h2-8H,1H3;2-7,10,16H,1H3. The number of rotatable bonds is 2. The van der Waals surface area contributed by atoms with Crippen LogP contribution in [0.3, 0.4) is 0 Å². The first-order valence-electron chi connectivity index (χ1n) is 10.3. The lowest BCUT2D eigenvalue weighted by molar-refractivity contribution is 0.446. The Morgan fingerprint density at radius 1 is 0.735 bits per heavy atom. The molecular formula is C28H21F3N2O. The zero-order chi connectivity index (χ0) is 24.5. The van der Waals surface area contributed by atoms with E-state index in [-0.39, 0.29) is 11.3 Å². The van der Waals surface area contributed by atoms with Gasteiger partial charge in [-0.15, -0.1) is 0 Å². The van der Waals surface area contributed by atoms with Crippen molar-refractivity contribution in [2.24, 2.45) is 0 Å². The largest absolute Gasteiger partial charge is 0.508 e. The van der Waals surface area contributed by atoms with Gasteiger partial charge in [-0.2, -0.15) is 0 Å². The number of halogens is 3. The molecule has 1 N–H and O–H groups in total. The summed E-state index contributed by atoms with van der Waals surface area (Å²) in [4.78, 5) is 8.46. The second-order valence-electron chi connectivity index (χ2n) is 7.27. The number of pyridine rings is 2. The van der Waals surface area contributed by atoms with Crippen LogP contribution >= 0.6 is 0 Å². The third kappa shape index (κ3) is 7.07. The molecule has 0 unspecified atom stereocenters. The molecular weight excluding hydrogens is 437 g/mol. The molecule has 0 saturated carbocycles. The van der Waals surface area contributed by atoms with Crippen molar-refractivity contribution in [2.45, 2.75) is 13.8 Å². The average Bonchev–Trinajstić information content (AvgIpc) is 2.81. The molecule has 170 valence electrons. The predicted octanol–water partition coefficient (Wildman–Crippen LogP) is 6.47. The molecule has 2 aromatic carbocycles. The van der Waals surface area contributed by atoms with E-state index < -0.39 is 17.5 Å². The first-order valence-corrected chi connectivity index (χ1v) is 10.3. The number of aromatic hydroxyl groups is 1. The maximum atomic E-state index is 13.4. The molecule has 4 aromatic rings. The molecule has 0 aliphatic rings. The summed E-state index contributed by atoms with van der Waals surface area (Å²) in [5.41, 5.74) is 3.90. The second kappa shape index (κ2) is 11.5. The minimum Gasteiger partial charge on any atom is -0.508 e. The minimum atomic E-state index is -1.46. The van der Waals surface area contributed by atoms with E-state index >= 15 is 0 Å². The summed E-state index contributed by atoms with van der Waals surface area (Å²) >= 11 is 0. The molecule has 0 bridgehead atoms. The van der Waals surface area contributed by atoms with Crippen LogP contribution in [0.4, 0.5) is 13.2 Å². The molecule has 0 fully saturated rings. The molecule has 3 nitrogen and oxygen atoms in total. The van der Waals surface area contributed by atoms with Crippen LogP contribution in [0.5, 0.6) is 5.75 Å². The van der Waals surface area contributed by atoms with Crippen LogP contribution in [-0.4, -0.2) is 15.1 Å². The van der Waals surface area contributed by atoms with Gasteiger partial charge in [0.15, 0.2) is 17.5 Å². The summed E-state index contributed by atoms with van der Waals surface area (Å²) in [7, 11) is 0. The lowest BCUT2D eigenvalue weighted by atomic mass is 10.1. The quantitative estimate of drug-likeness (QED) is 0.277. The number of aryl methyl sites for hydroxylation is 2. The number of benzene rings is 2. The van der Waals surface area contributed by atoms with E-state index in [1.54, 1.807) is 30.3 Å². The molecule has 0 saturated heterocycles. The Morgan fingerprint density at radius 2 is 1.44 bits per heavy atom. The van der Waals surface area contributed by atoms with Crippen LogP contribution in [0.1, 0.15) is 33.9 Å². The van der Waals surface area contributed by atoms with Gasteiger partial charge in [-0.05, 0) is 86.5 Å². The van der Waals surface area contributed by atoms with Crippen molar-refractivity contribution in [3.63, 3.8) is 0 Å². The van der Waals surface area contributed by atoms with Crippen LogP contribution < -0.4 is 0 Å². The van der Waals surface area contributed by atoms with E-state index in [9.17, 15) is 18.3 Å². The Labute approximate surface area is 196 Å². The smallest absolute Gasteiger partial charge is 0.195 e. The van der Waals surface area contributed by atoms with E-state index in [0.29, 0.717) is 5.69 Å². The van der Waals surface area contributed by atoms with Gasteiger partial charge in [0.05, 0.1) is 5.69 Å². The highest BCUT2D eigenvalue weighted by Crippen LogP contribution is 2.17. The Balaban J connectivity index is 0.000000192. The van der Waals surface area contributed by atoms with Gasteiger partial charge in [-0.1, -0.05) is 24.1 Å². The highest BCUT2D eigenvalue weighted by Gasteiger charge is 2.11. The molecule has 0 spiro atoms. The summed E-state index contributed by atoms with van der Waals surface area (Å²) in [5.74, 6) is 2.28. The van der Waals surface area contributed by atoms with E-state index in [1.165, 1.54) is 12.1 Å². The number of aromatic nitrogens is 2. The maximum absolute atomic E-state index is 13.4. The van der Waals surface area contributed by atoms with Gasteiger partial charge in [-0.25, -0.2) is 18.2 Å². The first kappa shape index (κ1) is 24.3. The number of hydrogen-bond acceptors (Lipinski definition) is 3. The van der Waals surface area contributed by atoms with Crippen molar-refractivity contribution < 1.29 is 18.3 Å². The Morgan fingerprint density at radius 3 is 2.15 bits per heavy atom. The normalized spacial score (nSPS) is 10.3. The molecule has 34 heavy (non-hydrogen) atoms. The van der Waals surface area contributed by atoms with Crippen molar-refractivity contribution in [1.29, 1.82) is 0 Å². The van der Waals surface area contributed by atoms with Gasteiger partial charge >= 0.3 is 0 Å². The highest BCUT2D eigenvalue weighted by molar-refractivity contribution is 5.68. The van der Waals surface area contributed by atoms with Gasteiger partial charge in [0.1, 0.15) is 11.4 Å². The van der Waals surface area contributed by atoms with Crippen molar-refractivity contribution in [3.05, 3.63) is 124 Å². The molecule has 0 radical (unpaired) electrons. The van der Waals surface area contributed by atoms with Gasteiger partial charge in [0.25, 0.3) is 0 Å². The van der Waals surface area contributed by atoms with Crippen molar-refractivity contribution >= 4 is 12.2 Å². The van der Waals surface area contributed by atoms with Crippen LogP contribution in [0, 0.1) is 43.1 Å². The van der Waals surface area contributed by atoms with E-state index in [2.05, 4.69) is 21.8 Å². The van der Waals surface area contributed by atoms with E-state index in [4.69, 9.17) is 0 Å². The molecule has 6 heteroatoms. The average molecular weight is 458 g/mol. The molecule has 2 aromatic heterocycles. The Bertz CT molecular complexity index is 1340. The lowest BCUT2D eigenvalue weighted by Crippen LogP contribution is -1.93. The first-order chi connectivity index (χ1) is 16.3. The summed E-state index contributed by atoms with van der Waals surface area (Å²) in [5, 5.41) is 9.27. The second-order valence-corrected chi connectivity index (χ2v) is 7.27. The van der Waals surface area contributed by atoms with Crippen LogP contribution in [-0.2, 0) is 0 Å². The minimum absolute atomic E-state index is 0.0165. The monoisotopic (exact) mass is 458 g/mol. The predicted molar refractivity (Wildman–Crippen MR) is 127 cm³/mol. The fourth-order valence-electron chi connectivity index (χ4n) is 2.83. The topological polar surface area (TPSA) is 46.0 Å².